The number of hydrogen-bond acceptors (Lipinski definition) is 1. The van der Waals surface area contributed by atoms with E-state index in [1.165, 1.54) is 16.6 Å². The minimum atomic E-state index is 0.899. The smallest absolute Gasteiger partial charge is 0.140 e. The van der Waals surface area contributed by atoms with Gasteiger partial charge in [0.05, 0.1) is 7.11 Å². The second kappa shape index (κ2) is 4.22. The molecule has 15 heavy (non-hydrogen) atoms. The molecule has 0 atom stereocenters. The van der Waals surface area contributed by atoms with Crippen molar-refractivity contribution < 1.29 is 4.74 Å². The summed E-state index contributed by atoms with van der Waals surface area (Å²) in [6.07, 6.45) is 0. The van der Waals surface area contributed by atoms with Crippen LogP contribution < -0.4 is 10.2 Å². The van der Waals surface area contributed by atoms with E-state index in [9.17, 15) is 0 Å². The quantitative estimate of drug-likeness (QED) is 0.663. The van der Waals surface area contributed by atoms with E-state index in [0.29, 0.717) is 0 Å². The molecule has 0 bridgehead atoms. The van der Waals surface area contributed by atoms with E-state index >= 15 is 0 Å². The lowest BCUT2D eigenvalue weighted by Crippen LogP contribution is -2.05. The average Bonchev–Trinajstić information content (AvgIpc) is 2.30. The van der Waals surface area contributed by atoms with Gasteiger partial charge in [-0.15, -0.1) is 0 Å². The lowest BCUT2D eigenvalue weighted by Gasteiger charge is -2.07. The second-order valence-electron chi connectivity index (χ2n) is 3.55. The molecule has 1 nitrogen and oxygen atoms in total. The van der Waals surface area contributed by atoms with Crippen molar-refractivity contribution in [2.45, 2.75) is 0 Å². The van der Waals surface area contributed by atoms with Gasteiger partial charge in [0.25, 0.3) is 0 Å². The molecule has 0 aliphatic carbocycles. The molecule has 0 spiro atoms. The Kier molecular flexibility index (Phi) is 2.77. The van der Waals surface area contributed by atoms with Crippen LogP contribution in [0.5, 0.6) is 5.75 Å². The molecule has 0 saturated heterocycles. The van der Waals surface area contributed by atoms with Crippen LogP contribution in [-0.2, 0) is 0 Å². The van der Waals surface area contributed by atoms with Crippen molar-refractivity contribution in [3.8, 4) is 16.9 Å². The molecule has 2 aromatic carbocycles. The molecule has 2 rings (SSSR count). The van der Waals surface area contributed by atoms with Crippen LogP contribution in [0.4, 0.5) is 0 Å². The fourth-order valence-corrected chi connectivity index (χ4v) is 1.69. The first kappa shape index (κ1) is 9.84. The van der Waals surface area contributed by atoms with Crippen molar-refractivity contribution in [3.63, 3.8) is 0 Å². The highest BCUT2D eigenvalue weighted by molar-refractivity contribution is 6.35. The lowest BCUT2D eigenvalue weighted by atomic mass is 9.87. The Morgan fingerprint density at radius 2 is 1.80 bits per heavy atom. The maximum absolute atomic E-state index is 5.22. The van der Waals surface area contributed by atoms with Crippen molar-refractivity contribution in [2.75, 3.05) is 7.11 Å². The van der Waals surface area contributed by atoms with Crippen LogP contribution in [0.3, 0.4) is 0 Å². The van der Waals surface area contributed by atoms with E-state index in [0.717, 1.165) is 5.75 Å². The summed E-state index contributed by atoms with van der Waals surface area (Å²) in [5.41, 5.74) is 3.75. The fraction of sp³-hybridized carbons (Fsp3) is 0.0769. The molecule has 2 heteroatoms. The molecule has 0 aromatic heterocycles. The van der Waals surface area contributed by atoms with Gasteiger partial charge in [0.15, 0.2) is 0 Å². The number of benzene rings is 2. The Bertz CT molecular complexity index is 466. The van der Waals surface area contributed by atoms with Gasteiger partial charge in [0.2, 0.25) is 0 Å². The summed E-state index contributed by atoms with van der Waals surface area (Å²) in [5, 5.41) is 0. The highest BCUT2D eigenvalue weighted by atomic mass is 16.5. The summed E-state index contributed by atoms with van der Waals surface area (Å²) in [6.45, 7) is 0. The van der Waals surface area contributed by atoms with Crippen molar-refractivity contribution in [1.29, 1.82) is 0 Å². The molecular weight excluding hydrogens is 183 g/mol. The van der Waals surface area contributed by atoms with Crippen LogP contribution in [0.25, 0.3) is 11.1 Å². The van der Waals surface area contributed by atoms with Crippen LogP contribution in [0.1, 0.15) is 0 Å². The van der Waals surface area contributed by atoms with Gasteiger partial charge < -0.3 is 4.74 Å². The van der Waals surface area contributed by atoms with Crippen molar-refractivity contribution in [3.05, 3.63) is 48.5 Å². The van der Waals surface area contributed by atoms with Gasteiger partial charge in [-0.3, -0.25) is 0 Å². The summed E-state index contributed by atoms with van der Waals surface area (Å²) < 4.78 is 5.22. The highest BCUT2D eigenvalue weighted by Gasteiger charge is 2.01. The summed E-state index contributed by atoms with van der Waals surface area (Å²) in [4.78, 5) is 0. The number of rotatable bonds is 2. The van der Waals surface area contributed by atoms with Crippen LogP contribution in [-0.4, -0.2) is 15.0 Å². The largest absolute Gasteiger partial charge is 0.497 e. The Hall–Kier alpha value is -1.70. The minimum Gasteiger partial charge on any atom is -0.497 e. The van der Waals surface area contributed by atoms with Gasteiger partial charge in [-0.25, -0.2) is 0 Å². The highest BCUT2D eigenvalue weighted by Crippen LogP contribution is 2.21. The number of methoxy groups -OCH3 is 1. The van der Waals surface area contributed by atoms with Crippen LogP contribution in [0.2, 0.25) is 0 Å². The summed E-state index contributed by atoms with van der Waals surface area (Å²) in [5.74, 6) is 0.899. The third kappa shape index (κ3) is 2.04. The predicted molar refractivity (Wildman–Crippen MR) is 66.6 cm³/mol. The number of ether oxygens (including phenoxy) is 1. The van der Waals surface area contributed by atoms with Crippen LogP contribution in [0, 0.1) is 0 Å². The van der Waals surface area contributed by atoms with Crippen molar-refractivity contribution in [2.24, 2.45) is 0 Å². The van der Waals surface area contributed by atoms with E-state index in [-0.39, 0.29) is 0 Å². The zero-order valence-electron chi connectivity index (χ0n) is 9.03. The first-order valence-electron chi connectivity index (χ1n) is 5.01. The Morgan fingerprint density at radius 1 is 1.00 bits per heavy atom. The molecule has 0 aliphatic rings. The van der Waals surface area contributed by atoms with E-state index in [2.05, 4.69) is 44.2 Å². The van der Waals surface area contributed by atoms with Gasteiger partial charge >= 0.3 is 0 Å². The average molecular weight is 196 g/mol. The van der Waals surface area contributed by atoms with Gasteiger partial charge in [-0.05, 0) is 23.3 Å². The summed E-state index contributed by atoms with van der Waals surface area (Å²) in [6, 6.07) is 16.5. The summed E-state index contributed by atoms with van der Waals surface area (Å²) in [7, 11) is 3.81. The zero-order chi connectivity index (χ0) is 10.7. The van der Waals surface area contributed by atoms with Crippen molar-refractivity contribution >= 4 is 13.3 Å². The van der Waals surface area contributed by atoms with E-state index in [4.69, 9.17) is 4.74 Å². The van der Waals surface area contributed by atoms with Crippen LogP contribution >= 0.6 is 0 Å². The van der Waals surface area contributed by atoms with E-state index in [1.54, 1.807) is 7.11 Å². The molecule has 0 saturated carbocycles. The normalized spacial score (nSPS) is 9.93. The maximum atomic E-state index is 5.22. The van der Waals surface area contributed by atoms with Gasteiger partial charge in [-0.2, -0.15) is 0 Å². The third-order valence-electron chi connectivity index (χ3n) is 2.53. The first-order valence-corrected chi connectivity index (χ1v) is 5.01. The molecular formula is C13H13BO. The molecule has 0 N–H and O–H groups in total. The van der Waals surface area contributed by atoms with Gasteiger partial charge in [-0.1, -0.05) is 41.9 Å². The Labute approximate surface area is 91.1 Å². The minimum absolute atomic E-state index is 0.899. The van der Waals surface area contributed by atoms with Crippen LogP contribution in [0.15, 0.2) is 48.5 Å². The molecule has 0 fully saturated rings. The molecule has 0 heterocycles. The molecule has 0 aliphatic heterocycles. The standard InChI is InChI=1S/C13H13BO/c1-15-11-6-4-5-10(9-11)12-7-2-3-8-13(12)14/h2-9H,14H2,1H3. The predicted octanol–water partition coefficient (Wildman–Crippen LogP) is 1.62. The molecule has 0 radical (unpaired) electrons. The lowest BCUT2D eigenvalue weighted by molar-refractivity contribution is 0.415. The molecule has 2 aromatic rings. The number of hydrogen-bond donors (Lipinski definition) is 0. The Balaban J connectivity index is 2.49. The second-order valence-corrected chi connectivity index (χ2v) is 3.55. The monoisotopic (exact) mass is 196 g/mol. The van der Waals surface area contributed by atoms with Gasteiger partial charge in [0.1, 0.15) is 13.6 Å². The van der Waals surface area contributed by atoms with E-state index in [1.807, 2.05) is 12.1 Å². The zero-order valence-corrected chi connectivity index (χ0v) is 9.03. The third-order valence-corrected chi connectivity index (χ3v) is 2.53. The molecule has 0 amide bonds. The van der Waals surface area contributed by atoms with Crippen molar-refractivity contribution in [1.82, 2.24) is 0 Å². The van der Waals surface area contributed by atoms with Gasteiger partial charge in [0, 0.05) is 0 Å². The SMILES string of the molecule is Bc1ccccc1-c1cccc(OC)c1. The topological polar surface area (TPSA) is 9.23 Å². The maximum Gasteiger partial charge on any atom is 0.140 e. The summed E-state index contributed by atoms with van der Waals surface area (Å²) >= 11 is 0. The molecule has 74 valence electrons. The molecule has 0 unspecified atom stereocenters. The first-order chi connectivity index (χ1) is 7.31. The fourth-order valence-electron chi connectivity index (χ4n) is 1.69. The van der Waals surface area contributed by atoms with E-state index < -0.39 is 0 Å². The Morgan fingerprint density at radius 3 is 2.53 bits per heavy atom.